The molecule has 1 aromatic rings. The normalized spacial score (nSPS) is 15.1. The van der Waals surface area contributed by atoms with Crippen LogP contribution >= 0.6 is 11.6 Å². The van der Waals surface area contributed by atoms with E-state index in [1.54, 1.807) is 4.68 Å². The lowest BCUT2D eigenvalue weighted by molar-refractivity contribution is 0.108. The summed E-state index contributed by atoms with van der Waals surface area (Å²) in [6.45, 7) is 8.34. The van der Waals surface area contributed by atoms with Crippen LogP contribution in [0.2, 0.25) is 5.02 Å². The predicted molar refractivity (Wildman–Crippen MR) is 73.7 cm³/mol. The van der Waals surface area contributed by atoms with Crippen molar-refractivity contribution < 1.29 is 4.39 Å². The predicted octanol–water partition coefficient (Wildman–Crippen LogP) is 2.98. The van der Waals surface area contributed by atoms with Gasteiger partial charge in [-0.3, -0.25) is 4.68 Å². The number of alkyl halides is 1. The molecule has 3 nitrogen and oxygen atoms in total. The first kappa shape index (κ1) is 15.4. The fraction of sp³-hybridized carbons (Fsp3) is 0.769. The molecule has 0 aliphatic heterocycles. The summed E-state index contributed by atoms with van der Waals surface area (Å²) in [5, 5.41) is 4.99. The summed E-state index contributed by atoms with van der Waals surface area (Å²) < 4.78 is 16.5. The summed E-state index contributed by atoms with van der Waals surface area (Å²) in [4.78, 5) is 0. The Morgan fingerprint density at radius 3 is 2.44 bits per heavy atom. The fourth-order valence-corrected chi connectivity index (χ4v) is 2.31. The van der Waals surface area contributed by atoms with Crippen LogP contribution in [0.3, 0.4) is 0 Å². The third-order valence-electron chi connectivity index (χ3n) is 3.53. The molecule has 0 aliphatic rings. The maximum atomic E-state index is 14.7. The molecule has 1 unspecified atom stereocenters. The summed E-state index contributed by atoms with van der Waals surface area (Å²) in [5.74, 6) is -0.149. The van der Waals surface area contributed by atoms with E-state index in [0.29, 0.717) is 11.6 Å². The quantitative estimate of drug-likeness (QED) is 0.867. The number of rotatable bonds is 6. The van der Waals surface area contributed by atoms with Gasteiger partial charge >= 0.3 is 0 Å². The van der Waals surface area contributed by atoms with Crippen molar-refractivity contribution in [2.45, 2.75) is 52.8 Å². The topological polar surface area (TPSA) is 43.8 Å². The Balaban J connectivity index is 3.13. The summed E-state index contributed by atoms with van der Waals surface area (Å²) in [7, 11) is 0. The highest BCUT2D eigenvalue weighted by Gasteiger charge is 2.35. The van der Waals surface area contributed by atoms with Gasteiger partial charge in [0, 0.05) is 19.5 Å². The highest BCUT2D eigenvalue weighted by molar-refractivity contribution is 6.31. The number of aryl methyl sites for hydroxylation is 2. The molecule has 18 heavy (non-hydrogen) atoms. The molecule has 1 atom stereocenters. The Morgan fingerprint density at radius 1 is 1.44 bits per heavy atom. The first-order valence-electron chi connectivity index (χ1n) is 6.52. The van der Waals surface area contributed by atoms with Crippen molar-refractivity contribution in [3.63, 3.8) is 0 Å². The van der Waals surface area contributed by atoms with Crippen molar-refractivity contribution in [2.75, 3.05) is 6.54 Å². The third kappa shape index (κ3) is 2.86. The van der Waals surface area contributed by atoms with Crippen LogP contribution in [-0.2, 0) is 19.4 Å². The molecule has 0 amide bonds. The minimum Gasteiger partial charge on any atom is -0.328 e. The zero-order chi connectivity index (χ0) is 13.9. The second-order valence-corrected chi connectivity index (χ2v) is 5.32. The van der Waals surface area contributed by atoms with E-state index >= 15 is 0 Å². The van der Waals surface area contributed by atoms with Gasteiger partial charge in [0.2, 0.25) is 0 Å². The molecule has 0 radical (unpaired) electrons. The standard InChI is InChI=1S/C13H23ClFN3/c1-5-10-12(14)11(18(6-2)17-10)7-13(15,8-16)9(3)4/h9H,5-8,16H2,1-4H3. The first-order chi connectivity index (χ1) is 8.39. The second-order valence-electron chi connectivity index (χ2n) is 4.95. The molecular formula is C13H23ClFN3. The molecule has 104 valence electrons. The van der Waals surface area contributed by atoms with E-state index in [-0.39, 0.29) is 18.9 Å². The molecule has 1 aromatic heterocycles. The van der Waals surface area contributed by atoms with Gasteiger partial charge in [0.1, 0.15) is 5.67 Å². The largest absolute Gasteiger partial charge is 0.328 e. The van der Waals surface area contributed by atoms with Gasteiger partial charge in [-0.15, -0.1) is 0 Å². The SMILES string of the molecule is CCc1nn(CC)c(CC(F)(CN)C(C)C)c1Cl. The Bertz CT molecular complexity index is 403. The fourth-order valence-electron chi connectivity index (χ4n) is 1.98. The van der Waals surface area contributed by atoms with E-state index in [0.717, 1.165) is 17.8 Å². The Labute approximate surface area is 113 Å². The molecule has 0 saturated carbocycles. The van der Waals surface area contributed by atoms with Crippen molar-refractivity contribution >= 4 is 11.6 Å². The van der Waals surface area contributed by atoms with Gasteiger partial charge in [-0.2, -0.15) is 5.10 Å². The smallest absolute Gasteiger partial charge is 0.131 e. The van der Waals surface area contributed by atoms with Crippen molar-refractivity contribution in [2.24, 2.45) is 11.7 Å². The van der Waals surface area contributed by atoms with Gasteiger partial charge in [-0.05, 0) is 19.3 Å². The Morgan fingerprint density at radius 2 is 2.06 bits per heavy atom. The molecule has 0 fully saturated rings. The van der Waals surface area contributed by atoms with E-state index in [1.807, 2.05) is 27.7 Å². The Hall–Kier alpha value is -0.610. The average Bonchev–Trinajstić information content (AvgIpc) is 2.65. The maximum absolute atomic E-state index is 14.7. The van der Waals surface area contributed by atoms with E-state index in [2.05, 4.69) is 5.10 Å². The zero-order valence-corrected chi connectivity index (χ0v) is 12.4. The second kappa shape index (κ2) is 6.02. The van der Waals surface area contributed by atoms with Crippen LogP contribution in [-0.4, -0.2) is 22.0 Å². The van der Waals surface area contributed by atoms with Gasteiger partial charge in [0.25, 0.3) is 0 Å². The van der Waals surface area contributed by atoms with E-state index in [4.69, 9.17) is 17.3 Å². The molecule has 0 bridgehead atoms. The van der Waals surface area contributed by atoms with Crippen molar-refractivity contribution in [3.05, 3.63) is 16.4 Å². The molecule has 0 aromatic carbocycles. The molecular weight excluding hydrogens is 253 g/mol. The van der Waals surface area contributed by atoms with E-state index in [1.165, 1.54) is 0 Å². The van der Waals surface area contributed by atoms with E-state index in [9.17, 15) is 4.39 Å². The lowest BCUT2D eigenvalue weighted by Crippen LogP contribution is -2.41. The van der Waals surface area contributed by atoms with Gasteiger partial charge < -0.3 is 5.73 Å². The maximum Gasteiger partial charge on any atom is 0.131 e. The number of aromatic nitrogens is 2. The minimum absolute atomic E-state index is 0.00263. The summed E-state index contributed by atoms with van der Waals surface area (Å²) in [5.41, 5.74) is 5.75. The monoisotopic (exact) mass is 275 g/mol. The highest BCUT2D eigenvalue weighted by Crippen LogP contribution is 2.31. The number of nitrogens with zero attached hydrogens (tertiary/aromatic N) is 2. The first-order valence-corrected chi connectivity index (χ1v) is 6.90. The molecule has 5 heteroatoms. The highest BCUT2D eigenvalue weighted by atomic mass is 35.5. The van der Waals surface area contributed by atoms with Crippen molar-refractivity contribution in [1.29, 1.82) is 0 Å². The number of halogens is 2. The molecule has 0 saturated heterocycles. The van der Waals surface area contributed by atoms with Crippen LogP contribution < -0.4 is 5.73 Å². The van der Waals surface area contributed by atoms with Gasteiger partial charge in [0.05, 0.1) is 16.4 Å². The molecule has 1 heterocycles. The van der Waals surface area contributed by atoms with Crippen LogP contribution in [0.15, 0.2) is 0 Å². The third-order valence-corrected chi connectivity index (χ3v) is 3.97. The van der Waals surface area contributed by atoms with Crippen LogP contribution in [0, 0.1) is 5.92 Å². The van der Waals surface area contributed by atoms with Crippen LogP contribution in [0.4, 0.5) is 4.39 Å². The van der Waals surface area contributed by atoms with E-state index < -0.39 is 5.67 Å². The van der Waals surface area contributed by atoms with Gasteiger partial charge in [-0.25, -0.2) is 4.39 Å². The summed E-state index contributed by atoms with van der Waals surface area (Å²) in [6, 6.07) is 0. The number of nitrogens with two attached hydrogens (primary N) is 1. The zero-order valence-electron chi connectivity index (χ0n) is 11.6. The summed E-state index contributed by atoms with van der Waals surface area (Å²) >= 11 is 6.29. The lowest BCUT2D eigenvalue weighted by atomic mass is 9.87. The molecule has 1 rings (SSSR count). The molecule has 0 aliphatic carbocycles. The molecule has 0 spiro atoms. The van der Waals surface area contributed by atoms with Crippen LogP contribution in [0.25, 0.3) is 0 Å². The lowest BCUT2D eigenvalue weighted by Gasteiger charge is -2.28. The van der Waals surface area contributed by atoms with Crippen molar-refractivity contribution in [3.8, 4) is 0 Å². The average molecular weight is 276 g/mol. The molecule has 2 N–H and O–H groups in total. The minimum atomic E-state index is -1.43. The summed E-state index contributed by atoms with van der Waals surface area (Å²) in [6.07, 6.45) is 0.975. The van der Waals surface area contributed by atoms with Crippen LogP contribution in [0.1, 0.15) is 39.1 Å². The number of hydrogen-bond donors (Lipinski definition) is 1. The Kier molecular flexibility index (Phi) is 5.17. The van der Waals surface area contributed by atoms with Crippen molar-refractivity contribution in [1.82, 2.24) is 9.78 Å². The number of hydrogen-bond acceptors (Lipinski definition) is 2. The van der Waals surface area contributed by atoms with Gasteiger partial charge in [0.15, 0.2) is 0 Å². The van der Waals surface area contributed by atoms with Crippen LogP contribution in [0.5, 0.6) is 0 Å². The van der Waals surface area contributed by atoms with Gasteiger partial charge in [-0.1, -0.05) is 32.4 Å².